The van der Waals surface area contributed by atoms with Crippen molar-refractivity contribution in [3.8, 4) is 5.75 Å². The van der Waals surface area contributed by atoms with Gasteiger partial charge in [-0.25, -0.2) is 0 Å². The van der Waals surface area contributed by atoms with Crippen LogP contribution in [0.25, 0.3) is 0 Å². The molecule has 0 amide bonds. The van der Waals surface area contributed by atoms with Gasteiger partial charge in [0.1, 0.15) is 12.4 Å². The fourth-order valence-electron chi connectivity index (χ4n) is 1.95. The van der Waals surface area contributed by atoms with Crippen molar-refractivity contribution in [1.29, 1.82) is 0 Å². The Bertz CT molecular complexity index is 494. The zero-order valence-electron chi connectivity index (χ0n) is 10.7. The maximum Gasteiger partial charge on any atom is 0.125 e. The van der Waals surface area contributed by atoms with Crippen LogP contribution in [-0.2, 0) is 6.61 Å². The molecule has 0 N–H and O–H groups in total. The molecule has 0 aromatic heterocycles. The summed E-state index contributed by atoms with van der Waals surface area (Å²) in [5, 5.41) is 0. The summed E-state index contributed by atoms with van der Waals surface area (Å²) in [6, 6.07) is 14.6. The monoisotopic (exact) mass is 226 g/mol. The number of hydrogen-bond donors (Lipinski definition) is 0. The maximum absolute atomic E-state index is 5.93. The molecular formula is C16H18O. The van der Waals surface area contributed by atoms with E-state index in [4.69, 9.17) is 4.74 Å². The molecule has 0 radical (unpaired) electrons. The summed E-state index contributed by atoms with van der Waals surface area (Å²) in [5.41, 5.74) is 4.91. The molecule has 0 saturated carbocycles. The first-order valence-corrected chi connectivity index (χ1v) is 5.92. The minimum Gasteiger partial charge on any atom is -0.488 e. The largest absolute Gasteiger partial charge is 0.488 e. The molecule has 17 heavy (non-hydrogen) atoms. The number of para-hydroxylation sites is 1. The first-order valence-electron chi connectivity index (χ1n) is 5.92. The highest BCUT2D eigenvalue weighted by atomic mass is 16.5. The average Bonchev–Trinajstić information content (AvgIpc) is 2.30. The average molecular weight is 226 g/mol. The van der Waals surface area contributed by atoms with Gasteiger partial charge in [0.15, 0.2) is 0 Å². The van der Waals surface area contributed by atoms with Gasteiger partial charge < -0.3 is 4.74 Å². The summed E-state index contributed by atoms with van der Waals surface area (Å²) in [6.45, 7) is 6.92. The fourth-order valence-corrected chi connectivity index (χ4v) is 1.95. The number of benzene rings is 2. The van der Waals surface area contributed by atoms with E-state index < -0.39 is 0 Å². The molecule has 0 saturated heterocycles. The van der Waals surface area contributed by atoms with Crippen LogP contribution in [0.5, 0.6) is 5.75 Å². The number of ether oxygens (including phenoxy) is 1. The highest BCUT2D eigenvalue weighted by molar-refractivity contribution is 5.40. The lowest BCUT2D eigenvalue weighted by Gasteiger charge is -2.13. The van der Waals surface area contributed by atoms with E-state index in [9.17, 15) is 0 Å². The van der Waals surface area contributed by atoms with E-state index >= 15 is 0 Å². The number of hydrogen-bond acceptors (Lipinski definition) is 1. The van der Waals surface area contributed by atoms with Crippen molar-refractivity contribution in [3.05, 3.63) is 64.7 Å². The van der Waals surface area contributed by atoms with Gasteiger partial charge in [0.2, 0.25) is 0 Å². The topological polar surface area (TPSA) is 9.23 Å². The Morgan fingerprint density at radius 3 is 2.00 bits per heavy atom. The van der Waals surface area contributed by atoms with Gasteiger partial charge in [0.05, 0.1) is 0 Å². The molecule has 0 aliphatic rings. The normalized spacial score (nSPS) is 10.3. The second-order valence-corrected chi connectivity index (χ2v) is 4.44. The molecule has 0 aliphatic carbocycles. The van der Waals surface area contributed by atoms with Gasteiger partial charge in [0.25, 0.3) is 0 Å². The molecule has 0 spiro atoms. The van der Waals surface area contributed by atoms with Crippen LogP contribution in [-0.4, -0.2) is 0 Å². The second-order valence-electron chi connectivity index (χ2n) is 4.44. The van der Waals surface area contributed by atoms with E-state index in [1.54, 1.807) is 0 Å². The molecule has 2 aromatic carbocycles. The standard InChI is InChI=1S/C16H18O/c1-12-7-4-5-10-15(12)11-17-16-13(2)8-6-9-14(16)3/h4-10H,11H2,1-3H3. The molecule has 0 unspecified atom stereocenters. The lowest BCUT2D eigenvalue weighted by atomic mass is 10.1. The zero-order chi connectivity index (χ0) is 12.3. The summed E-state index contributed by atoms with van der Waals surface area (Å²) in [4.78, 5) is 0. The van der Waals surface area contributed by atoms with Gasteiger partial charge in [-0.2, -0.15) is 0 Å². The van der Waals surface area contributed by atoms with E-state index in [1.807, 2.05) is 0 Å². The Morgan fingerprint density at radius 2 is 1.35 bits per heavy atom. The number of rotatable bonds is 3. The molecule has 0 aliphatic heterocycles. The van der Waals surface area contributed by atoms with E-state index in [1.165, 1.54) is 22.3 Å². The van der Waals surface area contributed by atoms with Crippen LogP contribution in [0.2, 0.25) is 0 Å². The van der Waals surface area contributed by atoms with Crippen LogP contribution in [0, 0.1) is 20.8 Å². The van der Waals surface area contributed by atoms with Crippen molar-refractivity contribution in [2.75, 3.05) is 0 Å². The van der Waals surface area contributed by atoms with E-state index in [0.717, 1.165) is 5.75 Å². The van der Waals surface area contributed by atoms with Crippen LogP contribution >= 0.6 is 0 Å². The summed E-state index contributed by atoms with van der Waals surface area (Å²) < 4.78 is 5.93. The Kier molecular flexibility index (Phi) is 3.48. The summed E-state index contributed by atoms with van der Waals surface area (Å²) >= 11 is 0. The first-order chi connectivity index (χ1) is 8.18. The molecule has 2 aromatic rings. The van der Waals surface area contributed by atoms with Crippen LogP contribution in [0.4, 0.5) is 0 Å². The lowest BCUT2D eigenvalue weighted by Crippen LogP contribution is -2.00. The van der Waals surface area contributed by atoms with Gasteiger partial charge in [-0.3, -0.25) is 0 Å². The third kappa shape index (κ3) is 2.68. The van der Waals surface area contributed by atoms with Crippen molar-refractivity contribution in [2.24, 2.45) is 0 Å². The minimum absolute atomic E-state index is 0.637. The predicted octanol–water partition coefficient (Wildman–Crippen LogP) is 4.19. The molecule has 88 valence electrons. The summed E-state index contributed by atoms with van der Waals surface area (Å²) in [6.07, 6.45) is 0. The first kappa shape index (κ1) is 11.7. The summed E-state index contributed by atoms with van der Waals surface area (Å²) in [5.74, 6) is 1.01. The van der Waals surface area contributed by atoms with Gasteiger partial charge in [-0.05, 0) is 43.0 Å². The van der Waals surface area contributed by atoms with E-state index in [0.29, 0.717) is 6.61 Å². The van der Waals surface area contributed by atoms with Crippen molar-refractivity contribution in [3.63, 3.8) is 0 Å². The van der Waals surface area contributed by atoms with Crippen LogP contribution in [0.3, 0.4) is 0 Å². The maximum atomic E-state index is 5.93. The third-order valence-electron chi connectivity index (χ3n) is 3.04. The van der Waals surface area contributed by atoms with E-state index in [2.05, 4.69) is 63.2 Å². The van der Waals surface area contributed by atoms with Crippen molar-refractivity contribution >= 4 is 0 Å². The molecule has 0 fully saturated rings. The minimum atomic E-state index is 0.637. The summed E-state index contributed by atoms with van der Waals surface area (Å²) in [7, 11) is 0. The SMILES string of the molecule is Cc1ccccc1COc1c(C)cccc1C. The second kappa shape index (κ2) is 5.05. The molecule has 0 atom stereocenters. The van der Waals surface area contributed by atoms with Crippen molar-refractivity contribution in [2.45, 2.75) is 27.4 Å². The number of aryl methyl sites for hydroxylation is 3. The van der Waals surface area contributed by atoms with Crippen LogP contribution in [0.15, 0.2) is 42.5 Å². The van der Waals surface area contributed by atoms with Crippen LogP contribution < -0.4 is 4.74 Å². The van der Waals surface area contributed by atoms with Crippen LogP contribution in [0.1, 0.15) is 22.3 Å². The highest BCUT2D eigenvalue weighted by Crippen LogP contribution is 2.23. The molecule has 0 heterocycles. The molecule has 0 bridgehead atoms. The molecule has 1 heteroatoms. The zero-order valence-corrected chi connectivity index (χ0v) is 10.7. The van der Waals surface area contributed by atoms with Gasteiger partial charge in [-0.15, -0.1) is 0 Å². The molecule has 1 nitrogen and oxygen atoms in total. The third-order valence-corrected chi connectivity index (χ3v) is 3.04. The Labute approximate surface area is 103 Å². The Hall–Kier alpha value is -1.76. The highest BCUT2D eigenvalue weighted by Gasteiger charge is 2.04. The van der Waals surface area contributed by atoms with Crippen molar-refractivity contribution in [1.82, 2.24) is 0 Å². The molecular weight excluding hydrogens is 208 g/mol. The lowest BCUT2D eigenvalue weighted by molar-refractivity contribution is 0.301. The Balaban J connectivity index is 2.16. The van der Waals surface area contributed by atoms with Gasteiger partial charge >= 0.3 is 0 Å². The molecule has 2 rings (SSSR count). The van der Waals surface area contributed by atoms with Gasteiger partial charge in [0, 0.05) is 0 Å². The van der Waals surface area contributed by atoms with E-state index in [-0.39, 0.29) is 0 Å². The quantitative estimate of drug-likeness (QED) is 0.762. The smallest absolute Gasteiger partial charge is 0.125 e. The Morgan fingerprint density at radius 1 is 0.765 bits per heavy atom. The predicted molar refractivity (Wildman–Crippen MR) is 71.4 cm³/mol. The fraction of sp³-hybridized carbons (Fsp3) is 0.250. The van der Waals surface area contributed by atoms with Gasteiger partial charge in [-0.1, -0.05) is 42.5 Å². The van der Waals surface area contributed by atoms with Crippen molar-refractivity contribution < 1.29 is 4.74 Å².